The molecule has 10 heteroatoms. The molecule has 0 aliphatic heterocycles. The van der Waals surface area contributed by atoms with Crippen molar-refractivity contribution in [1.29, 1.82) is 0 Å². The molecule has 0 atom stereocenters. The van der Waals surface area contributed by atoms with Gasteiger partial charge in [-0.2, -0.15) is 8.42 Å². The van der Waals surface area contributed by atoms with Crippen molar-refractivity contribution in [3.05, 3.63) is 24.3 Å². The van der Waals surface area contributed by atoms with Gasteiger partial charge in [0, 0.05) is 11.8 Å². The molecule has 1 aromatic rings. The van der Waals surface area contributed by atoms with Gasteiger partial charge in [0.15, 0.2) is 9.84 Å². The fourth-order valence-electron chi connectivity index (χ4n) is 1.17. The maximum atomic E-state index is 11.8. The lowest BCUT2D eigenvalue weighted by Crippen LogP contribution is -2.16. The van der Waals surface area contributed by atoms with Gasteiger partial charge in [-0.3, -0.25) is 9.39 Å². The fourth-order valence-corrected chi connectivity index (χ4v) is 3.06. The number of sulfone groups is 1. The molecule has 0 aromatic heterocycles. The van der Waals surface area contributed by atoms with E-state index in [4.69, 9.17) is 16.3 Å². The monoisotopic (exact) mass is 315 g/mol. The van der Waals surface area contributed by atoms with Gasteiger partial charge in [0.2, 0.25) is 0 Å². The highest BCUT2D eigenvalue weighted by Gasteiger charge is 2.19. The van der Waals surface area contributed by atoms with Crippen molar-refractivity contribution in [2.24, 2.45) is 0 Å². The van der Waals surface area contributed by atoms with Crippen LogP contribution in [0.5, 0.6) is 0 Å². The zero-order valence-electron chi connectivity index (χ0n) is 8.91. The van der Waals surface area contributed by atoms with Crippen LogP contribution in [0.3, 0.4) is 0 Å². The van der Waals surface area contributed by atoms with E-state index in [1.54, 1.807) is 6.07 Å². The Hall–Kier alpha value is -0.870. The quantitative estimate of drug-likeness (QED) is 0.591. The van der Waals surface area contributed by atoms with Gasteiger partial charge in [0.1, 0.15) is 0 Å². The second-order valence-electron chi connectivity index (χ2n) is 3.16. The molecule has 0 radical (unpaired) electrons. The van der Waals surface area contributed by atoms with Gasteiger partial charge in [0.05, 0.1) is 22.9 Å². The molecule has 0 amide bonds. The molecule has 0 aliphatic carbocycles. The van der Waals surface area contributed by atoms with E-state index in [1.165, 1.54) is 18.2 Å². The van der Waals surface area contributed by atoms with E-state index < -0.39 is 32.6 Å². The van der Waals surface area contributed by atoms with Crippen molar-refractivity contribution >= 4 is 37.7 Å². The topological polar surface area (TPSA) is 110 Å². The third-order valence-electron chi connectivity index (χ3n) is 1.91. The maximum Gasteiger partial charge on any atom is 0.397 e. The van der Waals surface area contributed by atoms with Crippen LogP contribution in [0, 0.1) is 0 Å². The Kier molecular flexibility index (Phi) is 4.93. The number of rotatable bonds is 6. The van der Waals surface area contributed by atoms with E-state index in [0.717, 1.165) is 0 Å². The minimum Gasteiger partial charge on any atom is -0.297 e. The molecule has 0 bridgehead atoms. The predicted molar refractivity (Wildman–Crippen MR) is 65.5 cm³/mol. The van der Waals surface area contributed by atoms with Gasteiger partial charge in [-0.1, -0.05) is 12.1 Å². The van der Waals surface area contributed by atoms with Crippen molar-refractivity contribution in [3.8, 4) is 0 Å². The zero-order valence-corrected chi connectivity index (χ0v) is 11.3. The van der Waals surface area contributed by atoms with E-state index in [9.17, 15) is 16.8 Å². The minimum absolute atomic E-state index is 0.0843. The lowest BCUT2D eigenvalue weighted by Gasteiger charge is -2.08. The first kappa shape index (κ1) is 15.2. The molecule has 0 spiro atoms. The number of hydrogen-bond acceptors (Lipinski definition) is 6. The normalized spacial score (nSPS) is 12.3. The summed E-state index contributed by atoms with van der Waals surface area (Å²) >= 11 is 5.36. The van der Waals surface area contributed by atoms with Gasteiger partial charge >= 0.3 is 10.4 Å². The highest BCUT2D eigenvalue weighted by molar-refractivity contribution is 7.91. The predicted octanol–water partition coefficient (Wildman–Crippen LogP) is 0.845. The largest absolute Gasteiger partial charge is 0.397 e. The van der Waals surface area contributed by atoms with E-state index >= 15 is 0 Å². The van der Waals surface area contributed by atoms with E-state index in [1.807, 2.05) is 0 Å². The maximum absolute atomic E-state index is 11.8. The molecule has 0 saturated heterocycles. The molecular formula is C8H10ClNO6S2. The number of benzene rings is 1. The van der Waals surface area contributed by atoms with Gasteiger partial charge in [-0.15, -0.1) is 0 Å². The summed E-state index contributed by atoms with van der Waals surface area (Å²) in [6.07, 6.45) is 0. The molecule has 7 nitrogen and oxygen atoms in total. The summed E-state index contributed by atoms with van der Waals surface area (Å²) in [6, 6.07) is 5.84. The molecule has 0 saturated carbocycles. The van der Waals surface area contributed by atoms with E-state index in [-0.39, 0.29) is 10.6 Å². The molecule has 0 unspecified atom stereocenters. The first-order valence-electron chi connectivity index (χ1n) is 4.56. The Morgan fingerprint density at radius 2 is 1.83 bits per heavy atom. The molecule has 0 aliphatic rings. The van der Waals surface area contributed by atoms with Crippen LogP contribution >= 0.6 is 11.8 Å². The van der Waals surface area contributed by atoms with Crippen LogP contribution in [-0.4, -0.2) is 33.7 Å². The minimum atomic E-state index is -4.65. The van der Waals surface area contributed by atoms with Crippen molar-refractivity contribution in [2.45, 2.75) is 4.90 Å². The van der Waals surface area contributed by atoms with Crippen LogP contribution in [0.25, 0.3) is 0 Å². The third-order valence-corrected chi connectivity index (χ3v) is 4.31. The van der Waals surface area contributed by atoms with Gasteiger partial charge in [-0.05, 0) is 12.1 Å². The lowest BCUT2D eigenvalue weighted by molar-refractivity contribution is 0.284. The number of nitrogens with one attached hydrogen (secondary N) is 1. The summed E-state index contributed by atoms with van der Waals surface area (Å²) in [5.74, 6) is -0.609. The Labute approximate surface area is 110 Å². The zero-order chi connectivity index (χ0) is 13.8. The second-order valence-corrected chi connectivity index (χ2v) is 6.52. The number of para-hydroxylation sites is 1. The van der Waals surface area contributed by atoms with Crippen LogP contribution in [-0.2, 0) is 24.4 Å². The summed E-state index contributed by atoms with van der Waals surface area (Å²) < 4.78 is 56.5. The number of halogens is 1. The standard InChI is InChI=1S/C8H10ClNO6S2/c9-10-7-3-1-2-4-8(7)17(11,12)6-5-16-18(13,14)15/h1-4,10H,5-6H2,(H,13,14,15). The van der Waals surface area contributed by atoms with Crippen LogP contribution in [0.4, 0.5) is 5.69 Å². The lowest BCUT2D eigenvalue weighted by atomic mass is 10.3. The highest BCUT2D eigenvalue weighted by Crippen LogP contribution is 2.22. The average molecular weight is 316 g/mol. The van der Waals surface area contributed by atoms with Gasteiger partial charge in [-0.25, -0.2) is 12.6 Å². The molecule has 18 heavy (non-hydrogen) atoms. The molecule has 0 fully saturated rings. The molecule has 1 aromatic carbocycles. The van der Waals surface area contributed by atoms with Crippen molar-refractivity contribution < 1.29 is 25.6 Å². The van der Waals surface area contributed by atoms with Crippen molar-refractivity contribution in [3.63, 3.8) is 0 Å². The smallest absolute Gasteiger partial charge is 0.297 e. The first-order valence-corrected chi connectivity index (χ1v) is 7.96. The van der Waals surface area contributed by atoms with Gasteiger partial charge < -0.3 is 0 Å². The first-order chi connectivity index (χ1) is 8.26. The molecule has 0 heterocycles. The molecule has 102 valence electrons. The summed E-state index contributed by atoms with van der Waals surface area (Å²) in [5, 5.41) is 0. The second kappa shape index (κ2) is 5.85. The molecule has 1 rings (SSSR count). The van der Waals surface area contributed by atoms with Crippen LogP contribution < -0.4 is 4.84 Å². The number of hydrogen-bond donors (Lipinski definition) is 2. The molecule has 2 N–H and O–H groups in total. The summed E-state index contributed by atoms with van der Waals surface area (Å²) in [7, 11) is -8.42. The van der Waals surface area contributed by atoms with Crippen LogP contribution in [0.2, 0.25) is 0 Å². The Bertz CT molecular complexity index is 612. The van der Waals surface area contributed by atoms with Crippen molar-refractivity contribution in [1.82, 2.24) is 0 Å². The van der Waals surface area contributed by atoms with E-state index in [2.05, 4.69) is 9.02 Å². The fraction of sp³-hybridized carbons (Fsp3) is 0.250. The van der Waals surface area contributed by atoms with Gasteiger partial charge in [0.25, 0.3) is 0 Å². The Morgan fingerprint density at radius 1 is 1.22 bits per heavy atom. The summed E-state index contributed by atoms with van der Waals surface area (Å²) in [5.41, 5.74) is 0.172. The molecular weight excluding hydrogens is 306 g/mol. The van der Waals surface area contributed by atoms with Crippen LogP contribution in [0.1, 0.15) is 0 Å². The summed E-state index contributed by atoms with van der Waals surface area (Å²) in [6.45, 7) is -0.683. The summed E-state index contributed by atoms with van der Waals surface area (Å²) in [4.78, 5) is 2.11. The average Bonchev–Trinajstić information content (AvgIpc) is 2.27. The van der Waals surface area contributed by atoms with E-state index in [0.29, 0.717) is 0 Å². The third kappa shape index (κ3) is 4.42. The Morgan fingerprint density at radius 3 is 2.39 bits per heavy atom. The number of anilines is 1. The highest BCUT2D eigenvalue weighted by atomic mass is 35.5. The van der Waals surface area contributed by atoms with Crippen molar-refractivity contribution in [2.75, 3.05) is 17.2 Å². The Balaban J connectivity index is 2.87. The van der Waals surface area contributed by atoms with Crippen LogP contribution in [0.15, 0.2) is 29.2 Å². The SMILES string of the molecule is O=S(=O)(O)OCCS(=O)(=O)c1ccccc1NCl.